The van der Waals surface area contributed by atoms with Crippen LogP contribution in [0.1, 0.15) is 23.6 Å². The standard InChI is InChI=1S/C20H19N3O5/c24-18-3-1-2-16-12-6-13(10-21(16)18)19-15(20(25)26)8-11-7-14(23(27)28)4-5-17(11)22(19)9-12/h1-5,7,12-13,15,19H,6,8-10H2,(H,25,26). The van der Waals surface area contributed by atoms with Crippen LogP contribution >= 0.6 is 0 Å². The third-order valence-corrected chi connectivity index (χ3v) is 6.52. The molecule has 1 fully saturated rings. The highest BCUT2D eigenvalue weighted by Gasteiger charge is 2.49. The molecule has 2 bridgehead atoms. The third kappa shape index (κ3) is 2.37. The number of hydrogen-bond acceptors (Lipinski definition) is 5. The summed E-state index contributed by atoms with van der Waals surface area (Å²) in [6, 6.07) is 9.81. The number of carboxylic acids is 1. The second kappa shape index (κ2) is 5.92. The third-order valence-electron chi connectivity index (χ3n) is 6.52. The van der Waals surface area contributed by atoms with Gasteiger partial charge in [0, 0.05) is 54.6 Å². The van der Waals surface area contributed by atoms with E-state index >= 15 is 0 Å². The molecule has 2 aromatic rings. The first-order valence-corrected chi connectivity index (χ1v) is 9.40. The average molecular weight is 381 g/mol. The lowest BCUT2D eigenvalue weighted by atomic mass is 9.70. The molecule has 0 radical (unpaired) electrons. The van der Waals surface area contributed by atoms with Crippen molar-refractivity contribution in [2.75, 3.05) is 11.4 Å². The summed E-state index contributed by atoms with van der Waals surface area (Å²) in [4.78, 5) is 37.3. The number of pyridine rings is 1. The van der Waals surface area contributed by atoms with E-state index in [1.807, 2.05) is 6.07 Å². The zero-order valence-electron chi connectivity index (χ0n) is 15.0. The number of nitro groups is 1. The van der Waals surface area contributed by atoms with Crippen LogP contribution in [0.4, 0.5) is 11.4 Å². The van der Waals surface area contributed by atoms with E-state index in [0.29, 0.717) is 18.7 Å². The van der Waals surface area contributed by atoms with Crippen molar-refractivity contribution in [1.29, 1.82) is 0 Å². The normalized spacial score (nSPS) is 27.4. The van der Waals surface area contributed by atoms with E-state index in [4.69, 9.17) is 0 Å². The van der Waals surface area contributed by atoms with Crippen molar-refractivity contribution in [2.24, 2.45) is 11.8 Å². The molecule has 1 aromatic carbocycles. The van der Waals surface area contributed by atoms with Crippen LogP contribution < -0.4 is 10.5 Å². The van der Waals surface area contributed by atoms with Gasteiger partial charge in [-0.2, -0.15) is 0 Å². The number of anilines is 1. The number of non-ortho nitro benzene ring substituents is 1. The zero-order valence-corrected chi connectivity index (χ0v) is 15.0. The maximum atomic E-state index is 12.3. The first-order valence-electron chi connectivity index (χ1n) is 9.40. The van der Waals surface area contributed by atoms with Crippen molar-refractivity contribution < 1.29 is 14.8 Å². The maximum absolute atomic E-state index is 12.3. The molecule has 4 heterocycles. The van der Waals surface area contributed by atoms with Gasteiger partial charge in [-0.1, -0.05) is 6.07 Å². The van der Waals surface area contributed by atoms with E-state index in [0.717, 1.165) is 17.8 Å². The fraction of sp³-hybridized carbons (Fsp3) is 0.400. The van der Waals surface area contributed by atoms with E-state index < -0.39 is 16.8 Å². The van der Waals surface area contributed by atoms with Crippen molar-refractivity contribution in [3.8, 4) is 0 Å². The molecule has 1 aromatic heterocycles. The quantitative estimate of drug-likeness (QED) is 0.630. The van der Waals surface area contributed by atoms with Gasteiger partial charge in [-0.15, -0.1) is 0 Å². The minimum absolute atomic E-state index is 0.0181. The summed E-state index contributed by atoms with van der Waals surface area (Å²) in [5, 5.41) is 21.1. The van der Waals surface area contributed by atoms with Gasteiger partial charge in [-0.05, 0) is 36.5 Å². The van der Waals surface area contributed by atoms with Crippen LogP contribution in [0.2, 0.25) is 0 Å². The maximum Gasteiger partial charge on any atom is 0.308 e. The van der Waals surface area contributed by atoms with E-state index in [-0.39, 0.29) is 35.5 Å². The SMILES string of the molecule is O=C(O)C1Cc2cc([N+](=O)[O-])ccc2N2CC3CC(Cn4c3cccc4=O)C12. The van der Waals surface area contributed by atoms with Gasteiger partial charge in [0.15, 0.2) is 0 Å². The molecule has 0 saturated carbocycles. The number of carbonyl (C=O) groups is 1. The number of rotatable bonds is 2. The highest BCUT2D eigenvalue weighted by atomic mass is 16.6. The topological polar surface area (TPSA) is 106 Å². The Hall–Kier alpha value is -3.16. The zero-order chi connectivity index (χ0) is 19.6. The Balaban J connectivity index is 1.64. The first kappa shape index (κ1) is 17.0. The molecule has 0 spiro atoms. The average Bonchev–Trinajstić information content (AvgIpc) is 2.67. The van der Waals surface area contributed by atoms with Crippen LogP contribution in [0, 0.1) is 22.0 Å². The Morgan fingerprint density at radius 1 is 1.21 bits per heavy atom. The molecule has 3 aliphatic heterocycles. The number of aliphatic carboxylic acids is 1. The van der Waals surface area contributed by atoms with Gasteiger partial charge in [-0.25, -0.2) is 0 Å². The summed E-state index contributed by atoms with van der Waals surface area (Å²) in [5.74, 6) is -1.35. The number of piperidine rings is 1. The Bertz CT molecular complexity index is 1060. The van der Waals surface area contributed by atoms with Gasteiger partial charge >= 0.3 is 5.97 Å². The van der Waals surface area contributed by atoms with Crippen LogP contribution in [0.15, 0.2) is 41.2 Å². The van der Waals surface area contributed by atoms with Gasteiger partial charge in [0.25, 0.3) is 11.2 Å². The lowest BCUT2D eigenvalue weighted by Gasteiger charge is -2.53. The molecule has 8 nitrogen and oxygen atoms in total. The van der Waals surface area contributed by atoms with Gasteiger partial charge in [0.1, 0.15) is 0 Å². The van der Waals surface area contributed by atoms with E-state index in [9.17, 15) is 24.8 Å². The van der Waals surface area contributed by atoms with Crippen LogP contribution in [-0.4, -0.2) is 33.2 Å². The van der Waals surface area contributed by atoms with Crippen LogP contribution in [0.3, 0.4) is 0 Å². The number of fused-ring (bicyclic) bond motifs is 8. The van der Waals surface area contributed by atoms with E-state index in [1.165, 1.54) is 12.1 Å². The fourth-order valence-electron chi connectivity index (χ4n) is 5.44. The summed E-state index contributed by atoms with van der Waals surface area (Å²) in [5.41, 5.74) is 2.52. The molecular formula is C20H19N3O5. The molecule has 0 aliphatic carbocycles. The molecule has 4 unspecified atom stereocenters. The summed E-state index contributed by atoms with van der Waals surface area (Å²) in [7, 11) is 0. The van der Waals surface area contributed by atoms with E-state index in [2.05, 4.69) is 4.90 Å². The van der Waals surface area contributed by atoms with Crippen LogP contribution in [0.5, 0.6) is 0 Å². The smallest absolute Gasteiger partial charge is 0.308 e. The number of hydrogen-bond donors (Lipinski definition) is 1. The molecule has 4 atom stereocenters. The summed E-state index contributed by atoms with van der Waals surface area (Å²) >= 11 is 0. The number of aromatic nitrogens is 1. The van der Waals surface area contributed by atoms with Crippen molar-refractivity contribution in [2.45, 2.75) is 31.3 Å². The fourth-order valence-corrected chi connectivity index (χ4v) is 5.44. The highest BCUT2D eigenvalue weighted by Crippen LogP contribution is 2.47. The largest absolute Gasteiger partial charge is 0.481 e. The number of nitrogens with zero attached hydrogens (tertiary/aromatic N) is 3. The predicted octanol–water partition coefficient (Wildman–Crippen LogP) is 2.01. The molecule has 1 saturated heterocycles. The van der Waals surface area contributed by atoms with Gasteiger partial charge < -0.3 is 14.6 Å². The first-order chi connectivity index (χ1) is 13.4. The minimum atomic E-state index is -0.892. The summed E-state index contributed by atoms with van der Waals surface area (Å²) in [6.45, 7) is 1.12. The highest BCUT2D eigenvalue weighted by molar-refractivity contribution is 5.76. The van der Waals surface area contributed by atoms with Gasteiger partial charge in [-0.3, -0.25) is 19.7 Å². The molecule has 8 heteroatoms. The van der Waals surface area contributed by atoms with Crippen molar-refractivity contribution in [1.82, 2.24) is 4.57 Å². The molecular weight excluding hydrogens is 362 g/mol. The molecule has 144 valence electrons. The number of carboxylic acid groups (broad SMARTS) is 1. The summed E-state index contributed by atoms with van der Waals surface area (Å²) in [6.07, 6.45) is 1.13. The predicted molar refractivity (Wildman–Crippen MR) is 101 cm³/mol. The molecule has 0 amide bonds. The second-order valence-electron chi connectivity index (χ2n) is 7.95. The molecule has 28 heavy (non-hydrogen) atoms. The van der Waals surface area contributed by atoms with Crippen molar-refractivity contribution in [3.63, 3.8) is 0 Å². The molecule has 3 aliphatic rings. The Labute approximate surface area is 160 Å². The van der Waals surface area contributed by atoms with Gasteiger partial charge in [0.05, 0.1) is 10.8 Å². The summed E-state index contributed by atoms with van der Waals surface area (Å²) < 4.78 is 1.79. The Kier molecular flexibility index (Phi) is 3.59. The van der Waals surface area contributed by atoms with Crippen molar-refractivity contribution >= 4 is 17.3 Å². The van der Waals surface area contributed by atoms with Crippen LogP contribution in [0.25, 0.3) is 0 Å². The lowest BCUT2D eigenvalue weighted by Crippen LogP contribution is -2.60. The monoisotopic (exact) mass is 381 g/mol. The Morgan fingerprint density at radius 3 is 2.79 bits per heavy atom. The van der Waals surface area contributed by atoms with Gasteiger partial charge in [0.2, 0.25) is 0 Å². The number of benzene rings is 1. The van der Waals surface area contributed by atoms with E-state index in [1.54, 1.807) is 22.8 Å². The Morgan fingerprint density at radius 2 is 2.04 bits per heavy atom. The molecule has 1 N–H and O–H groups in total. The number of nitro benzene ring substituents is 1. The van der Waals surface area contributed by atoms with Crippen LogP contribution in [-0.2, 0) is 17.8 Å². The molecule has 5 rings (SSSR count). The minimum Gasteiger partial charge on any atom is -0.481 e. The van der Waals surface area contributed by atoms with Crippen molar-refractivity contribution in [3.05, 3.63) is 68.1 Å². The lowest BCUT2D eigenvalue weighted by molar-refractivity contribution is -0.384. The second-order valence-corrected chi connectivity index (χ2v) is 7.95.